The minimum Gasteiger partial charge on any atom is -0.370 e. The van der Waals surface area contributed by atoms with E-state index in [0.717, 1.165) is 25.1 Å². The number of nitrogens with two attached hydrogens (primary N) is 1. The van der Waals surface area contributed by atoms with Crippen LogP contribution in [-0.2, 0) is 15.6 Å². The van der Waals surface area contributed by atoms with Gasteiger partial charge in [-0.1, -0.05) is 37.3 Å². The van der Waals surface area contributed by atoms with Gasteiger partial charge in [-0.05, 0) is 30.7 Å². The first-order valence-corrected chi connectivity index (χ1v) is 10.1. The van der Waals surface area contributed by atoms with E-state index in [9.17, 15) is 8.42 Å². The molecule has 5 nitrogen and oxygen atoms in total. The van der Waals surface area contributed by atoms with Crippen LogP contribution in [0.25, 0.3) is 0 Å². The first-order valence-electron chi connectivity index (χ1n) is 8.25. The third kappa shape index (κ3) is 7.38. The third-order valence-electron chi connectivity index (χ3n) is 4.10. The van der Waals surface area contributed by atoms with Crippen LogP contribution >= 0.6 is 24.0 Å². The zero-order valence-electron chi connectivity index (χ0n) is 14.2. The standard InChI is InChI=1S/C17H27N3O2S.HI/c1-15-7-5-11-20(13-15)17(18)19-10-6-12-23(21,22)14-16-8-3-2-4-9-16;/h2-4,8-9,15H,5-7,10-14H2,1H3,(H2,18,19);1H. The molecule has 2 N–H and O–H groups in total. The van der Waals surface area contributed by atoms with Gasteiger partial charge < -0.3 is 10.6 Å². The summed E-state index contributed by atoms with van der Waals surface area (Å²) in [6.07, 6.45) is 2.89. The lowest BCUT2D eigenvalue weighted by Crippen LogP contribution is -2.43. The average molecular weight is 465 g/mol. The topological polar surface area (TPSA) is 75.8 Å². The monoisotopic (exact) mass is 465 g/mol. The number of halogens is 1. The molecule has 1 aliphatic heterocycles. The van der Waals surface area contributed by atoms with Crippen LogP contribution in [0.1, 0.15) is 31.7 Å². The maximum absolute atomic E-state index is 12.1. The molecule has 1 heterocycles. The fraction of sp³-hybridized carbons (Fsp3) is 0.588. The molecule has 0 spiro atoms. The number of aliphatic imine (C=N–C) groups is 1. The lowest BCUT2D eigenvalue weighted by molar-refractivity contribution is 0.270. The van der Waals surface area contributed by atoms with Crippen LogP contribution in [0.4, 0.5) is 0 Å². The second-order valence-corrected chi connectivity index (χ2v) is 8.55. The van der Waals surface area contributed by atoms with Crippen LogP contribution in [0.3, 0.4) is 0 Å². The normalized spacial score (nSPS) is 19.0. The summed E-state index contributed by atoms with van der Waals surface area (Å²) < 4.78 is 24.2. The Morgan fingerprint density at radius 3 is 2.71 bits per heavy atom. The number of benzene rings is 1. The van der Waals surface area contributed by atoms with Crippen LogP contribution in [0.2, 0.25) is 0 Å². The molecule has 1 aromatic carbocycles. The second-order valence-electron chi connectivity index (χ2n) is 6.36. The van der Waals surface area contributed by atoms with Gasteiger partial charge in [0, 0.05) is 19.6 Å². The van der Waals surface area contributed by atoms with Gasteiger partial charge in [-0.25, -0.2) is 8.42 Å². The quantitative estimate of drug-likeness (QED) is 0.304. The fourth-order valence-corrected chi connectivity index (χ4v) is 4.29. The van der Waals surface area contributed by atoms with E-state index in [0.29, 0.717) is 24.8 Å². The van der Waals surface area contributed by atoms with E-state index < -0.39 is 9.84 Å². The van der Waals surface area contributed by atoms with Crippen molar-refractivity contribution in [3.63, 3.8) is 0 Å². The van der Waals surface area contributed by atoms with E-state index in [4.69, 9.17) is 5.73 Å². The molecule has 1 saturated heterocycles. The van der Waals surface area contributed by atoms with Gasteiger partial charge in [0.05, 0.1) is 11.5 Å². The molecule has 2 rings (SSSR count). The molecule has 1 atom stereocenters. The number of likely N-dealkylation sites (tertiary alicyclic amines) is 1. The summed E-state index contributed by atoms with van der Waals surface area (Å²) in [6.45, 7) is 4.58. The minimum absolute atomic E-state index is 0. The molecule has 0 saturated carbocycles. The van der Waals surface area contributed by atoms with Crippen molar-refractivity contribution in [2.45, 2.75) is 31.9 Å². The van der Waals surface area contributed by atoms with Crippen molar-refractivity contribution in [3.05, 3.63) is 35.9 Å². The largest absolute Gasteiger partial charge is 0.370 e. The Bertz CT molecular complexity index is 620. The number of nitrogens with zero attached hydrogens (tertiary/aromatic N) is 2. The van der Waals surface area contributed by atoms with Gasteiger partial charge in [-0.3, -0.25) is 4.99 Å². The van der Waals surface area contributed by atoms with Gasteiger partial charge in [0.25, 0.3) is 0 Å². The zero-order chi connectivity index (χ0) is 16.7. The van der Waals surface area contributed by atoms with Gasteiger partial charge in [0.1, 0.15) is 0 Å². The number of guanidine groups is 1. The van der Waals surface area contributed by atoms with Gasteiger partial charge in [0.15, 0.2) is 15.8 Å². The summed E-state index contributed by atoms with van der Waals surface area (Å²) >= 11 is 0. The molecule has 0 amide bonds. The number of rotatable bonds is 6. The highest BCUT2D eigenvalue weighted by atomic mass is 127. The van der Waals surface area contributed by atoms with Crippen LogP contribution in [-0.4, -0.2) is 44.7 Å². The molecule has 7 heteroatoms. The van der Waals surface area contributed by atoms with Crippen molar-refractivity contribution < 1.29 is 8.42 Å². The highest BCUT2D eigenvalue weighted by Gasteiger charge is 2.17. The van der Waals surface area contributed by atoms with E-state index in [2.05, 4.69) is 16.8 Å². The van der Waals surface area contributed by atoms with E-state index >= 15 is 0 Å². The van der Waals surface area contributed by atoms with Gasteiger partial charge in [0.2, 0.25) is 0 Å². The Hall–Kier alpha value is -0.830. The maximum atomic E-state index is 12.1. The Kier molecular flexibility index (Phi) is 9.04. The van der Waals surface area contributed by atoms with E-state index in [1.807, 2.05) is 30.3 Å². The van der Waals surface area contributed by atoms with Gasteiger partial charge in [-0.2, -0.15) is 0 Å². The summed E-state index contributed by atoms with van der Waals surface area (Å²) in [4.78, 5) is 6.45. The van der Waals surface area contributed by atoms with Gasteiger partial charge in [-0.15, -0.1) is 24.0 Å². The summed E-state index contributed by atoms with van der Waals surface area (Å²) in [5.41, 5.74) is 6.84. The third-order valence-corrected chi connectivity index (χ3v) is 5.78. The Morgan fingerprint density at radius 1 is 1.33 bits per heavy atom. The molecule has 1 fully saturated rings. The van der Waals surface area contributed by atoms with Crippen molar-refractivity contribution in [3.8, 4) is 0 Å². The van der Waals surface area contributed by atoms with Crippen LogP contribution in [0.15, 0.2) is 35.3 Å². The molecule has 136 valence electrons. The van der Waals surface area contributed by atoms with Crippen LogP contribution in [0.5, 0.6) is 0 Å². The number of hydrogen-bond donors (Lipinski definition) is 1. The zero-order valence-corrected chi connectivity index (χ0v) is 17.4. The van der Waals surface area contributed by atoms with Crippen molar-refractivity contribution in [1.82, 2.24) is 4.90 Å². The minimum atomic E-state index is -3.09. The molecule has 1 aromatic rings. The summed E-state index contributed by atoms with van der Waals surface area (Å²) in [5.74, 6) is 1.44. The van der Waals surface area contributed by atoms with Crippen molar-refractivity contribution in [1.29, 1.82) is 0 Å². The van der Waals surface area contributed by atoms with Crippen LogP contribution in [0, 0.1) is 5.92 Å². The fourth-order valence-electron chi connectivity index (χ4n) is 2.88. The summed E-state index contributed by atoms with van der Waals surface area (Å²) in [7, 11) is -3.09. The predicted molar refractivity (Wildman–Crippen MR) is 110 cm³/mol. The molecular weight excluding hydrogens is 437 g/mol. The number of piperidine rings is 1. The molecule has 1 unspecified atom stereocenters. The van der Waals surface area contributed by atoms with Crippen molar-refractivity contribution in [2.24, 2.45) is 16.6 Å². The van der Waals surface area contributed by atoms with Crippen LogP contribution < -0.4 is 5.73 Å². The molecule has 0 radical (unpaired) electrons. The first-order chi connectivity index (χ1) is 11.0. The number of sulfone groups is 1. The van der Waals surface area contributed by atoms with E-state index in [1.54, 1.807) is 0 Å². The molecular formula is C17H28IN3O2S. The smallest absolute Gasteiger partial charge is 0.191 e. The van der Waals surface area contributed by atoms with E-state index in [1.165, 1.54) is 6.42 Å². The maximum Gasteiger partial charge on any atom is 0.191 e. The lowest BCUT2D eigenvalue weighted by Gasteiger charge is -2.31. The molecule has 0 aromatic heterocycles. The molecule has 0 aliphatic carbocycles. The summed E-state index contributed by atoms with van der Waals surface area (Å²) in [6, 6.07) is 9.27. The highest BCUT2D eigenvalue weighted by Crippen LogP contribution is 2.15. The van der Waals surface area contributed by atoms with E-state index in [-0.39, 0.29) is 35.5 Å². The lowest BCUT2D eigenvalue weighted by atomic mass is 10.0. The second kappa shape index (κ2) is 10.2. The highest BCUT2D eigenvalue weighted by molar-refractivity contribution is 14.0. The molecule has 0 bridgehead atoms. The molecule has 24 heavy (non-hydrogen) atoms. The van der Waals surface area contributed by atoms with Crippen molar-refractivity contribution >= 4 is 39.8 Å². The summed E-state index contributed by atoms with van der Waals surface area (Å²) in [5, 5.41) is 0. The predicted octanol–water partition coefficient (Wildman–Crippen LogP) is 2.66. The number of hydrogen-bond acceptors (Lipinski definition) is 3. The Balaban J connectivity index is 0.00000288. The van der Waals surface area contributed by atoms with Gasteiger partial charge >= 0.3 is 0 Å². The average Bonchev–Trinajstić information content (AvgIpc) is 2.52. The Labute approximate surface area is 162 Å². The SMILES string of the molecule is CC1CCCN(C(N)=NCCCS(=O)(=O)Cc2ccccc2)C1.I. The Morgan fingerprint density at radius 2 is 2.04 bits per heavy atom. The first kappa shape index (κ1) is 21.2. The molecule has 1 aliphatic rings. The van der Waals surface area contributed by atoms with Crippen molar-refractivity contribution in [2.75, 3.05) is 25.4 Å².